The van der Waals surface area contributed by atoms with E-state index >= 15 is 0 Å². The Morgan fingerprint density at radius 2 is 1.90 bits per heavy atom. The van der Waals surface area contributed by atoms with E-state index in [-0.39, 0.29) is 15.7 Å². The summed E-state index contributed by atoms with van der Waals surface area (Å²) in [5.74, 6) is -2.58. The molecule has 0 saturated heterocycles. The third kappa shape index (κ3) is 4.94. The zero-order valence-electron chi connectivity index (χ0n) is 14.9. The normalized spacial score (nSPS) is 10.9. The molecule has 0 atom stereocenters. The largest absolute Gasteiger partial charge is 0.479 e. The summed E-state index contributed by atoms with van der Waals surface area (Å²) < 4.78 is 47.4. The van der Waals surface area contributed by atoms with Crippen molar-refractivity contribution in [2.45, 2.75) is 4.90 Å². The van der Waals surface area contributed by atoms with Crippen molar-refractivity contribution in [1.82, 2.24) is 0 Å². The summed E-state index contributed by atoms with van der Waals surface area (Å²) in [6.07, 6.45) is 0. The fourth-order valence-electron chi connectivity index (χ4n) is 2.52. The van der Waals surface area contributed by atoms with Gasteiger partial charge < -0.3 is 9.84 Å². The van der Waals surface area contributed by atoms with E-state index in [0.717, 1.165) is 12.1 Å². The number of ether oxygens (including phenoxy) is 1. The van der Waals surface area contributed by atoms with Gasteiger partial charge in [-0.15, -0.1) is 0 Å². The SMILES string of the molecule is O=C(O)COc1c(Cl)cc(Cl)cc1S(=O)(=O)Nc1cc(-c2cc#ccc2)ccc1F. The second-order valence-electron chi connectivity index (χ2n) is 5.92. The molecule has 0 heterocycles. The maximum absolute atomic E-state index is 14.3. The van der Waals surface area contributed by atoms with E-state index in [1.165, 1.54) is 18.2 Å². The van der Waals surface area contributed by atoms with Crippen LogP contribution in [0.1, 0.15) is 0 Å². The van der Waals surface area contributed by atoms with Crippen LogP contribution < -0.4 is 9.46 Å². The summed E-state index contributed by atoms with van der Waals surface area (Å²) in [5.41, 5.74) is 0.872. The van der Waals surface area contributed by atoms with Gasteiger partial charge in [-0.3, -0.25) is 4.72 Å². The van der Waals surface area contributed by atoms with Gasteiger partial charge >= 0.3 is 5.97 Å². The summed E-state index contributed by atoms with van der Waals surface area (Å²) in [6, 6.07) is 16.5. The van der Waals surface area contributed by atoms with Gasteiger partial charge in [0, 0.05) is 5.02 Å². The van der Waals surface area contributed by atoms with E-state index < -0.39 is 39.1 Å². The van der Waals surface area contributed by atoms with Crippen LogP contribution in [0.25, 0.3) is 11.1 Å². The summed E-state index contributed by atoms with van der Waals surface area (Å²) in [4.78, 5) is 10.3. The summed E-state index contributed by atoms with van der Waals surface area (Å²) in [6.45, 7) is -0.838. The number of hydrogen-bond acceptors (Lipinski definition) is 4. The molecule has 0 aliphatic rings. The number of aliphatic carboxylic acids is 1. The number of benzene rings is 2. The highest BCUT2D eigenvalue weighted by Gasteiger charge is 2.25. The molecule has 0 aliphatic carbocycles. The Morgan fingerprint density at radius 3 is 2.57 bits per heavy atom. The number of sulfonamides is 1. The Hall–Kier alpha value is -2.99. The van der Waals surface area contributed by atoms with Crippen molar-refractivity contribution in [3.63, 3.8) is 0 Å². The van der Waals surface area contributed by atoms with Gasteiger partial charge in [-0.1, -0.05) is 41.4 Å². The second-order valence-corrected chi connectivity index (χ2v) is 8.41. The van der Waals surface area contributed by atoms with E-state index in [2.05, 4.69) is 16.9 Å². The Balaban J connectivity index is 2.02. The third-order valence-corrected chi connectivity index (χ3v) is 5.67. The van der Waals surface area contributed by atoms with Gasteiger partial charge in [-0.2, -0.15) is 0 Å². The first-order chi connectivity index (χ1) is 14.2. The highest BCUT2D eigenvalue weighted by Crippen LogP contribution is 2.37. The van der Waals surface area contributed by atoms with Crippen molar-refractivity contribution in [2.75, 3.05) is 11.3 Å². The minimum atomic E-state index is -4.45. The van der Waals surface area contributed by atoms with Gasteiger partial charge in [-0.25, -0.2) is 17.6 Å². The standard InChI is InChI=1S/C20H12Cl2FNO5S/c21-14-9-15(22)20(29-11-19(25)26)18(10-14)30(27,28)24-17-8-13(6-7-16(17)23)12-4-2-1-3-5-12/h2,4-10,24H,11H2,(H,25,26). The lowest BCUT2D eigenvalue weighted by Crippen LogP contribution is -2.17. The van der Waals surface area contributed by atoms with Crippen LogP contribution in [-0.2, 0) is 14.8 Å². The maximum Gasteiger partial charge on any atom is 0.341 e. The van der Waals surface area contributed by atoms with Crippen LogP contribution >= 0.6 is 23.2 Å². The van der Waals surface area contributed by atoms with E-state index in [1.54, 1.807) is 18.2 Å². The number of anilines is 1. The predicted octanol–water partition coefficient (Wildman–Crippen LogP) is 4.66. The molecule has 0 amide bonds. The number of carboxylic acid groups (broad SMARTS) is 1. The lowest BCUT2D eigenvalue weighted by atomic mass is 10.1. The Kier molecular flexibility index (Phi) is 6.37. The Labute approximate surface area is 181 Å². The molecule has 0 bridgehead atoms. The average molecular weight is 468 g/mol. The highest BCUT2D eigenvalue weighted by atomic mass is 35.5. The third-order valence-electron chi connectivity index (χ3n) is 3.81. The first-order valence-corrected chi connectivity index (χ1v) is 10.5. The molecule has 0 aliphatic heterocycles. The predicted molar refractivity (Wildman–Crippen MR) is 110 cm³/mol. The molecule has 154 valence electrons. The molecule has 0 spiro atoms. The molecular weight excluding hydrogens is 456 g/mol. The van der Waals surface area contributed by atoms with Crippen LogP contribution in [0, 0.1) is 17.9 Å². The molecule has 2 N–H and O–H groups in total. The molecular formula is C20H12Cl2FNO5S. The van der Waals surface area contributed by atoms with E-state index in [9.17, 15) is 17.6 Å². The minimum absolute atomic E-state index is 0.0339. The van der Waals surface area contributed by atoms with E-state index in [4.69, 9.17) is 33.0 Å². The molecule has 10 heteroatoms. The smallest absolute Gasteiger partial charge is 0.341 e. The van der Waals surface area contributed by atoms with Crippen LogP contribution in [0.2, 0.25) is 10.0 Å². The zero-order valence-corrected chi connectivity index (χ0v) is 17.3. The van der Waals surface area contributed by atoms with Gasteiger partial charge in [0.25, 0.3) is 10.0 Å². The van der Waals surface area contributed by atoms with Crippen molar-refractivity contribution < 1.29 is 27.4 Å². The summed E-state index contributed by atoms with van der Waals surface area (Å²) >= 11 is 11.9. The van der Waals surface area contributed by atoms with Crippen molar-refractivity contribution in [3.8, 4) is 16.9 Å². The molecule has 0 unspecified atom stereocenters. The van der Waals surface area contributed by atoms with Crippen molar-refractivity contribution in [1.29, 1.82) is 0 Å². The minimum Gasteiger partial charge on any atom is -0.479 e. The van der Waals surface area contributed by atoms with Crippen molar-refractivity contribution >= 4 is 44.9 Å². The number of halogens is 3. The molecule has 0 saturated carbocycles. The van der Waals surface area contributed by atoms with Gasteiger partial charge in [0.1, 0.15) is 10.7 Å². The Bertz CT molecular complexity index is 1200. The van der Waals surface area contributed by atoms with E-state index in [0.29, 0.717) is 11.1 Å². The van der Waals surface area contributed by atoms with Crippen molar-refractivity contribution in [2.24, 2.45) is 0 Å². The number of nitrogens with one attached hydrogen (secondary N) is 1. The molecule has 3 rings (SSSR count). The maximum atomic E-state index is 14.3. The number of hydrogen-bond donors (Lipinski definition) is 2. The van der Waals surface area contributed by atoms with Gasteiger partial charge in [0.15, 0.2) is 12.4 Å². The topological polar surface area (TPSA) is 92.7 Å². The van der Waals surface area contributed by atoms with Crippen LogP contribution in [0.5, 0.6) is 5.75 Å². The molecule has 3 aromatic rings. The van der Waals surface area contributed by atoms with Crippen LogP contribution in [0.15, 0.2) is 53.4 Å². The quantitative estimate of drug-likeness (QED) is 0.526. The number of carbonyl (C=O) groups is 1. The second kappa shape index (κ2) is 8.79. The van der Waals surface area contributed by atoms with Crippen LogP contribution in [0.4, 0.5) is 10.1 Å². The first-order valence-electron chi connectivity index (χ1n) is 8.21. The molecule has 6 nitrogen and oxygen atoms in total. The van der Waals surface area contributed by atoms with Gasteiger partial charge in [-0.05, 0) is 53.6 Å². The average Bonchev–Trinajstić information content (AvgIpc) is 2.69. The molecule has 3 aromatic carbocycles. The highest BCUT2D eigenvalue weighted by molar-refractivity contribution is 7.92. The fraction of sp³-hybridized carbons (Fsp3) is 0.0500. The lowest BCUT2D eigenvalue weighted by Gasteiger charge is -2.15. The summed E-state index contributed by atoms with van der Waals surface area (Å²) in [7, 11) is -4.45. The monoisotopic (exact) mass is 467 g/mol. The van der Waals surface area contributed by atoms with Crippen LogP contribution in [0.3, 0.4) is 0 Å². The fourth-order valence-corrected chi connectivity index (χ4v) is 4.44. The molecule has 0 radical (unpaired) electrons. The molecule has 30 heavy (non-hydrogen) atoms. The lowest BCUT2D eigenvalue weighted by molar-refractivity contribution is -0.139. The van der Waals surface area contributed by atoms with Crippen LogP contribution in [-0.4, -0.2) is 26.1 Å². The molecule has 0 fully saturated rings. The number of rotatable bonds is 7. The molecule has 0 aromatic heterocycles. The summed E-state index contributed by atoms with van der Waals surface area (Å²) in [5, 5.41) is 8.56. The van der Waals surface area contributed by atoms with Crippen molar-refractivity contribution in [3.05, 3.63) is 76.5 Å². The van der Waals surface area contributed by atoms with Gasteiger partial charge in [0.05, 0.1) is 10.7 Å². The zero-order chi connectivity index (χ0) is 21.9. The van der Waals surface area contributed by atoms with Gasteiger partial charge in [0.2, 0.25) is 0 Å². The first kappa shape index (κ1) is 21.7. The Morgan fingerprint density at radius 1 is 1.13 bits per heavy atom. The number of carboxylic acids is 1. The van der Waals surface area contributed by atoms with E-state index in [1.807, 2.05) is 0 Å².